The lowest BCUT2D eigenvalue weighted by Gasteiger charge is -2.29. The van der Waals surface area contributed by atoms with Gasteiger partial charge in [-0.05, 0) is 59.5 Å². The highest BCUT2D eigenvalue weighted by Gasteiger charge is 2.36. The number of carbonyl (C=O) groups excluding carboxylic acids is 1. The first-order valence-electron chi connectivity index (χ1n) is 10.0. The van der Waals surface area contributed by atoms with E-state index in [4.69, 9.17) is 4.74 Å². The minimum absolute atomic E-state index is 0.0231. The minimum atomic E-state index is -3.55. The average Bonchev–Trinajstić information content (AvgIpc) is 3.45. The number of hydrogen-bond acceptors (Lipinski definition) is 5. The van der Waals surface area contributed by atoms with Crippen molar-refractivity contribution in [3.8, 4) is 0 Å². The molecular weight excluding hydrogens is 408 g/mol. The highest BCUT2D eigenvalue weighted by Crippen LogP contribution is 2.41. The second-order valence-electron chi connectivity index (χ2n) is 7.72. The molecule has 1 saturated heterocycles. The molecule has 2 heterocycles. The number of nitrogens with zero attached hydrogens (tertiary/aromatic N) is 1. The number of amides is 1. The van der Waals surface area contributed by atoms with Crippen LogP contribution in [-0.2, 0) is 20.2 Å². The summed E-state index contributed by atoms with van der Waals surface area (Å²) in [7, 11) is -3.55. The number of morpholine rings is 1. The van der Waals surface area contributed by atoms with Gasteiger partial charge < -0.3 is 10.1 Å². The van der Waals surface area contributed by atoms with Crippen molar-refractivity contribution >= 4 is 27.3 Å². The predicted molar refractivity (Wildman–Crippen MR) is 113 cm³/mol. The van der Waals surface area contributed by atoms with Crippen molar-refractivity contribution in [3.63, 3.8) is 0 Å². The fraction of sp³-hybridized carbons (Fsp3) is 0.476. The third kappa shape index (κ3) is 4.26. The Morgan fingerprint density at radius 1 is 1.10 bits per heavy atom. The van der Waals surface area contributed by atoms with Gasteiger partial charge in [0.05, 0.1) is 18.1 Å². The molecule has 6 nitrogen and oxygen atoms in total. The third-order valence-electron chi connectivity index (χ3n) is 6.01. The highest BCUT2D eigenvalue weighted by molar-refractivity contribution is 7.89. The molecule has 1 aliphatic carbocycles. The van der Waals surface area contributed by atoms with Gasteiger partial charge in [-0.3, -0.25) is 4.79 Å². The van der Waals surface area contributed by atoms with Crippen LogP contribution in [0.2, 0.25) is 0 Å². The van der Waals surface area contributed by atoms with E-state index in [1.165, 1.54) is 34.8 Å². The van der Waals surface area contributed by atoms with Crippen molar-refractivity contribution in [2.75, 3.05) is 32.8 Å². The number of hydrogen-bond donors (Lipinski definition) is 1. The van der Waals surface area contributed by atoms with Crippen molar-refractivity contribution < 1.29 is 17.9 Å². The summed E-state index contributed by atoms with van der Waals surface area (Å²) in [4.78, 5) is 12.9. The Hall–Kier alpha value is -1.74. The van der Waals surface area contributed by atoms with E-state index in [1.54, 1.807) is 23.5 Å². The van der Waals surface area contributed by atoms with Gasteiger partial charge in [-0.15, -0.1) is 0 Å². The second-order valence-corrected chi connectivity index (χ2v) is 10.4. The lowest BCUT2D eigenvalue weighted by molar-refractivity contribution is 0.0730. The number of thiophene rings is 1. The minimum Gasteiger partial charge on any atom is -0.379 e. The van der Waals surface area contributed by atoms with Crippen molar-refractivity contribution in [1.29, 1.82) is 0 Å². The Morgan fingerprint density at radius 3 is 2.41 bits per heavy atom. The fourth-order valence-electron chi connectivity index (χ4n) is 4.25. The number of nitrogens with one attached hydrogen (secondary N) is 1. The number of carbonyl (C=O) groups is 1. The van der Waals surface area contributed by atoms with Crippen LogP contribution >= 0.6 is 11.3 Å². The predicted octanol–water partition coefficient (Wildman–Crippen LogP) is 3.01. The number of benzene rings is 1. The number of sulfonamides is 1. The molecule has 1 saturated carbocycles. The van der Waals surface area contributed by atoms with Gasteiger partial charge in [0.25, 0.3) is 5.91 Å². The molecule has 1 aromatic carbocycles. The molecule has 0 unspecified atom stereocenters. The van der Waals surface area contributed by atoms with E-state index in [-0.39, 0.29) is 16.2 Å². The van der Waals surface area contributed by atoms with E-state index in [1.807, 2.05) is 0 Å². The first-order valence-corrected chi connectivity index (χ1v) is 12.4. The summed E-state index contributed by atoms with van der Waals surface area (Å²) in [5, 5.41) is 7.35. The van der Waals surface area contributed by atoms with Gasteiger partial charge in [0.2, 0.25) is 10.0 Å². The molecule has 0 radical (unpaired) electrons. The Balaban J connectivity index is 1.43. The van der Waals surface area contributed by atoms with Crippen LogP contribution in [0.5, 0.6) is 0 Å². The van der Waals surface area contributed by atoms with Gasteiger partial charge in [-0.1, -0.05) is 12.8 Å². The van der Waals surface area contributed by atoms with Gasteiger partial charge >= 0.3 is 0 Å². The van der Waals surface area contributed by atoms with Crippen LogP contribution in [-0.4, -0.2) is 51.5 Å². The number of ether oxygens (including phenoxy) is 1. The summed E-state index contributed by atoms with van der Waals surface area (Å²) in [5.74, 6) is -0.165. The van der Waals surface area contributed by atoms with E-state index in [0.717, 1.165) is 12.8 Å². The van der Waals surface area contributed by atoms with Crippen LogP contribution in [0.4, 0.5) is 0 Å². The molecule has 156 valence electrons. The molecule has 1 aliphatic heterocycles. The molecule has 0 atom stereocenters. The maximum Gasteiger partial charge on any atom is 0.251 e. The molecule has 2 aliphatic rings. The van der Waals surface area contributed by atoms with E-state index in [2.05, 4.69) is 22.1 Å². The van der Waals surface area contributed by atoms with Crippen LogP contribution in [0.25, 0.3) is 0 Å². The van der Waals surface area contributed by atoms with Gasteiger partial charge in [0.15, 0.2) is 0 Å². The lowest BCUT2D eigenvalue weighted by Crippen LogP contribution is -2.40. The molecule has 0 bridgehead atoms. The van der Waals surface area contributed by atoms with Crippen LogP contribution < -0.4 is 5.32 Å². The van der Waals surface area contributed by atoms with Gasteiger partial charge in [0, 0.05) is 30.6 Å². The van der Waals surface area contributed by atoms with Gasteiger partial charge in [-0.2, -0.15) is 15.6 Å². The zero-order chi connectivity index (χ0) is 20.3. The molecule has 4 rings (SSSR count). The molecule has 1 aromatic heterocycles. The van der Waals surface area contributed by atoms with Crippen LogP contribution in [0.1, 0.15) is 41.6 Å². The molecule has 29 heavy (non-hydrogen) atoms. The Kier molecular flexibility index (Phi) is 6.06. The topological polar surface area (TPSA) is 75.7 Å². The molecule has 8 heteroatoms. The van der Waals surface area contributed by atoms with Gasteiger partial charge in [0.1, 0.15) is 0 Å². The largest absolute Gasteiger partial charge is 0.379 e. The summed E-state index contributed by atoms with van der Waals surface area (Å²) in [6.45, 7) is 2.14. The van der Waals surface area contributed by atoms with E-state index < -0.39 is 10.0 Å². The molecular formula is C21H26N2O4S2. The van der Waals surface area contributed by atoms with Crippen LogP contribution in [0.15, 0.2) is 46.0 Å². The molecule has 1 amide bonds. The zero-order valence-electron chi connectivity index (χ0n) is 16.3. The first-order chi connectivity index (χ1) is 14.0. The average molecular weight is 435 g/mol. The second kappa shape index (κ2) is 8.55. The summed E-state index contributed by atoms with van der Waals surface area (Å²) in [6.07, 6.45) is 4.53. The Labute approximate surface area is 175 Å². The standard InChI is InChI=1S/C21H26N2O4S2/c24-20(22-16-21(8-1-2-9-21)18-7-14-28-15-18)17-3-5-19(6-4-17)29(25,26)23-10-12-27-13-11-23/h3-7,14-15H,1-2,8-13,16H2,(H,22,24). The molecule has 2 aromatic rings. The summed E-state index contributed by atoms with van der Waals surface area (Å²) in [6, 6.07) is 8.38. The molecule has 1 N–H and O–H groups in total. The Bertz CT molecular complexity index is 928. The maximum atomic E-state index is 12.7. The molecule has 0 spiro atoms. The van der Waals surface area contributed by atoms with E-state index >= 15 is 0 Å². The fourth-order valence-corrected chi connectivity index (χ4v) is 6.44. The smallest absolute Gasteiger partial charge is 0.251 e. The van der Waals surface area contributed by atoms with Crippen molar-refractivity contribution in [1.82, 2.24) is 9.62 Å². The first kappa shape index (κ1) is 20.5. The normalized spacial score (nSPS) is 19.9. The summed E-state index contributed by atoms with van der Waals surface area (Å²) in [5.41, 5.74) is 1.81. The summed E-state index contributed by atoms with van der Waals surface area (Å²) < 4.78 is 32.1. The quantitative estimate of drug-likeness (QED) is 0.758. The van der Waals surface area contributed by atoms with Crippen LogP contribution in [0, 0.1) is 0 Å². The maximum absolute atomic E-state index is 12.7. The van der Waals surface area contributed by atoms with Crippen molar-refractivity contribution in [2.45, 2.75) is 36.0 Å². The van der Waals surface area contributed by atoms with Crippen molar-refractivity contribution in [2.24, 2.45) is 0 Å². The van der Waals surface area contributed by atoms with Gasteiger partial charge in [-0.25, -0.2) is 8.42 Å². The lowest BCUT2D eigenvalue weighted by atomic mass is 9.80. The Morgan fingerprint density at radius 2 is 1.79 bits per heavy atom. The van der Waals surface area contributed by atoms with Crippen molar-refractivity contribution in [3.05, 3.63) is 52.2 Å². The SMILES string of the molecule is O=C(NCC1(c2ccsc2)CCCC1)c1ccc(S(=O)(=O)N2CCOCC2)cc1. The molecule has 2 fully saturated rings. The highest BCUT2D eigenvalue weighted by atomic mass is 32.2. The number of rotatable bonds is 6. The summed E-state index contributed by atoms with van der Waals surface area (Å²) >= 11 is 1.69. The van der Waals surface area contributed by atoms with Crippen LogP contribution in [0.3, 0.4) is 0 Å². The monoisotopic (exact) mass is 434 g/mol. The van der Waals surface area contributed by atoms with E-state index in [0.29, 0.717) is 38.4 Å². The van der Waals surface area contributed by atoms with E-state index in [9.17, 15) is 13.2 Å². The zero-order valence-corrected chi connectivity index (χ0v) is 17.9. The third-order valence-corrected chi connectivity index (χ3v) is 8.60.